The summed E-state index contributed by atoms with van der Waals surface area (Å²) < 4.78 is 1.32. The minimum atomic E-state index is 0.600. The third-order valence-electron chi connectivity index (χ3n) is 2.58. The van der Waals surface area contributed by atoms with E-state index in [1.807, 2.05) is 0 Å². The Morgan fingerprint density at radius 3 is 2.20 bits per heavy atom. The van der Waals surface area contributed by atoms with Crippen molar-refractivity contribution in [3.05, 3.63) is 27.8 Å². The van der Waals surface area contributed by atoms with Crippen LogP contribution in [0.1, 0.15) is 27.7 Å². The second-order valence-corrected chi connectivity index (χ2v) is 5.74. The molecule has 82 valence electrons. The molecule has 0 atom stereocenters. The molecule has 0 N–H and O–H groups in total. The van der Waals surface area contributed by atoms with Crippen molar-refractivity contribution in [2.45, 2.75) is 39.8 Å². The summed E-state index contributed by atoms with van der Waals surface area (Å²) in [6.07, 6.45) is 0. The van der Waals surface area contributed by atoms with Crippen molar-refractivity contribution < 1.29 is 0 Å². The van der Waals surface area contributed by atoms with E-state index < -0.39 is 0 Å². The first kappa shape index (κ1) is 13.0. The molecule has 1 rings (SSSR count). The van der Waals surface area contributed by atoms with Gasteiger partial charge in [0.05, 0.1) is 0 Å². The number of hydrogen-bond donors (Lipinski definition) is 0. The summed E-state index contributed by atoms with van der Waals surface area (Å²) in [7, 11) is 1.05. The minimum Gasteiger partial charge on any atom is -0.337 e. The van der Waals surface area contributed by atoms with Crippen molar-refractivity contribution in [3.8, 4) is 0 Å². The zero-order chi connectivity index (χ0) is 11.4. The van der Waals surface area contributed by atoms with Gasteiger partial charge in [0.1, 0.15) is 0 Å². The molecule has 0 spiro atoms. The van der Waals surface area contributed by atoms with E-state index in [2.05, 4.69) is 79.4 Å². The molecule has 1 aromatic carbocycles. The van der Waals surface area contributed by atoms with Crippen molar-refractivity contribution in [2.75, 3.05) is 0 Å². The smallest absolute Gasteiger partial charge is 0.239 e. The van der Waals surface area contributed by atoms with Crippen LogP contribution in [0.2, 0.25) is 0 Å². The highest BCUT2D eigenvalue weighted by molar-refractivity contribution is 14.1. The molecule has 3 heteroatoms. The fraction of sp³-hybridized carbons (Fsp3) is 0.500. The van der Waals surface area contributed by atoms with Gasteiger partial charge >= 0.3 is 0 Å². The maximum atomic E-state index is 2.51. The van der Waals surface area contributed by atoms with Crippen LogP contribution >= 0.6 is 22.6 Å². The fourth-order valence-electron chi connectivity index (χ4n) is 1.81. The molecule has 0 unspecified atom stereocenters. The van der Waals surface area contributed by atoms with Gasteiger partial charge < -0.3 is 4.81 Å². The molecule has 0 fully saturated rings. The third kappa shape index (κ3) is 4.15. The van der Waals surface area contributed by atoms with Gasteiger partial charge in [0, 0.05) is 3.57 Å². The van der Waals surface area contributed by atoms with E-state index in [-0.39, 0.29) is 0 Å². The predicted molar refractivity (Wildman–Crippen MR) is 78.1 cm³/mol. The Morgan fingerprint density at radius 1 is 1.13 bits per heavy atom. The van der Waals surface area contributed by atoms with Crippen molar-refractivity contribution in [3.63, 3.8) is 0 Å². The van der Waals surface area contributed by atoms with Gasteiger partial charge in [-0.3, -0.25) is 0 Å². The lowest BCUT2D eigenvalue weighted by atomic mass is 9.78. The van der Waals surface area contributed by atoms with Crippen LogP contribution in [-0.4, -0.2) is 24.3 Å². The first-order chi connectivity index (χ1) is 7.00. The Balaban J connectivity index is 2.74. The summed E-state index contributed by atoms with van der Waals surface area (Å²) in [5, 5.41) is 0. The molecule has 0 radical (unpaired) electrons. The van der Waals surface area contributed by atoms with Crippen LogP contribution in [0.4, 0.5) is 0 Å². The van der Waals surface area contributed by atoms with E-state index in [0.29, 0.717) is 12.1 Å². The first-order valence-corrected chi connectivity index (χ1v) is 6.58. The second kappa shape index (κ2) is 5.90. The average molecular weight is 315 g/mol. The second-order valence-electron chi connectivity index (χ2n) is 4.49. The molecule has 1 aromatic rings. The van der Waals surface area contributed by atoms with Gasteiger partial charge in [-0.15, -0.1) is 0 Å². The van der Waals surface area contributed by atoms with Crippen molar-refractivity contribution in [2.24, 2.45) is 0 Å². The number of halogens is 1. The molecular formula is C12H19BIN. The van der Waals surface area contributed by atoms with E-state index in [4.69, 9.17) is 0 Å². The maximum Gasteiger partial charge on any atom is 0.239 e. The molecule has 0 aliphatic heterocycles. The molecule has 0 bridgehead atoms. The van der Waals surface area contributed by atoms with Crippen LogP contribution in [0.25, 0.3) is 0 Å². The van der Waals surface area contributed by atoms with Crippen molar-refractivity contribution >= 4 is 35.5 Å². The van der Waals surface area contributed by atoms with Crippen LogP contribution in [0.5, 0.6) is 0 Å². The SMILES string of the molecule is CC(C)N(Bc1cccc(I)c1)C(C)C. The van der Waals surface area contributed by atoms with E-state index in [1.165, 1.54) is 9.03 Å². The predicted octanol–water partition coefficient (Wildman–Crippen LogP) is 2.39. The van der Waals surface area contributed by atoms with Crippen LogP contribution < -0.4 is 5.46 Å². The Labute approximate surface area is 108 Å². The summed E-state index contributed by atoms with van der Waals surface area (Å²) in [4.78, 5) is 2.51. The van der Waals surface area contributed by atoms with Crippen LogP contribution in [-0.2, 0) is 0 Å². The largest absolute Gasteiger partial charge is 0.337 e. The number of benzene rings is 1. The lowest BCUT2D eigenvalue weighted by Crippen LogP contribution is -2.45. The standard InChI is InChI=1S/C12H19BIN/c1-9(2)15(10(3)4)13-11-6-5-7-12(14)8-11/h5-10,13H,1-4H3. The molecule has 0 saturated carbocycles. The zero-order valence-corrected chi connectivity index (χ0v) is 12.2. The minimum absolute atomic E-state index is 0.600. The molecule has 0 heterocycles. The molecular weight excluding hydrogens is 296 g/mol. The van der Waals surface area contributed by atoms with E-state index in [9.17, 15) is 0 Å². The molecule has 0 aliphatic rings. The average Bonchev–Trinajstić information content (AvgIpc) is 2.13. The maximum absolute atomic E-state index is 2.51. The van der Waals surface area contributed by atoms with Crippen LogP contribution in [0.15, 0.2) is 24.3 Å². The molecule has 1 nitrogen and oxygen atoms in total. The fourth-order valence-corrected chi connectivity index (χ4v) is 2.42. The normalized spacial score (nSPS) is 11.5. The van der Waals surface area contributed by atoms with Crippen molar-refractivity contribution in [1.82, 2.24) is 4.81 Å². The highest BCUT2D eigenvalue weighted by Gasteiger charge is 2.14. The van der Waals surface area contributed by atoms with E-state index in [0.717, 1.165) is 7.41 Å². The Bertz CT molecular complexity index is 304. The lowest BCUT2D eigenvalue weighted by molar-refractivity contribution is 0.315. The lowest BCUT2D eigenvalue weighted by Gasteiger charge is -2.30. The van der Waals surface area contributed by atoms with Gasteiger partial charge in [-0.2, -0.15) is 0 Å². The zero-order valence-electron chi connectivity index (χ0n) is 10.00. The highest BCUT2D eigenvalue weighted by Crippen LogP contribution is 2.04. The Hall–Kier alpha value is -0.0251. The molecule has 0 saturated heterocycles. The summed E-state index contributed by atoms with van der Waals surface area (Å²) in [6.45, 7) is 9.03. The van der Waals surface area contributed by atoms with Gasteiger partial charge in [-0.25, -0.2) is 0 Å². The summed E-state index contributed by atoms with van der Waals surface area (Å²) in [6, 6.07) is 9.94. The summed E-state index contributed by atoms with van der Waals surface area (Å²) in [5.74, 6) is 0. The molecule has 0 amide bonds. The molecule has 0 aliphatic carbocycles. The van der Waals surface area contributed by atoms with E-state index in [1.54, 1.807) is 0 Å². The number of hydrogen-bond acceptors (Lipinski definition) is 1. The van der Waals surface area contributed by atoms with Gasteiger partial charge in [0.2, 0.25) is 7.41 Å². The van der Waals surface area contributed by atoms with Gasteiger partial charge in [-0.05, 0) is 40.7 Å². The van der Waals surface area contributed by atoms with Gasteiger partial charge in [0.15, 0.2) is 0 Å². The Morgan fingerprint density at radius 2 is 1.73 bits per heavy atom. The quantitative estimate of drug-likeness (QED) is 0.609. The monoisotopic (exact) mass is 315 g/mol. The van der Waals surface area contributed by atoms with Gasteiger partial charge in [-0.1, -0.05) is 51.4 Å². The molecule has 0 aromatic heterocycles. The van der Waals surface area contributed by atoms with E-state index >= 15 is 0 Å². The number of rotatable bonds is 4. The summed E-state index contributed by atoms with van der Waals surface area (Å²) in [5.41, 5.74) is 1.41. The summed E-state index contributed by atoms with van der Waals surface area (Å²) >= 11 is 2.37. The highest BCUT2D eigenvalue weighted by atomic mass is 127. The van der Waals surface area contributed by atoms with Gasteiger partial charge in [0.25, 0.3) is 0 Å². The third-order valence-corrected chi connectivity index (χ3v) is 3.25. The van der Waals surface area contributed by atoms with Crippen molar-refractivity contribution in [1.29, 1.82) is 0 Å². The van der Waals surface area contributed by atoms with Crippen LogP contribution in [0, 0.1) is 3.57 Å². The topological polar surface area (TPSA) is 3.24 Å². The number of nitrogens with zero attached hydrogens (tertiary/aromatic N) is 1. The Kier molecular flexibility index (Phi) is 5.13. The van der Waals surface area contributed by atoms with Crippen LogP contribution in [0.3, 0.4) is 0 Å². The molecule has 15 heavy (non-hydrogen) atoms. The first-order valence-electron chi connectivity index (χ1n) is 5.51.